The quantitative estimate of drug-likeness (QED) is 0.330. The Morgan fingerprint density at radius 1 is 1.16 bits per heavy atom. The van der Waals surface area contributed by atoms with Crippen LogP contribution in [0.25, 0.3) is 17.1 Å². The summed E-state index contributed by atoms with van der Waals surface area (Å²) < 4.78 is 42.0. The van der Waals surface area contributed by atoms with Gasteiger partial charge in [0.15, 0.2) is 17.8 Å². The molecule has 1 unspecified atom stereocenters. The number of nitrogens with one attached hydrogen (secondary N) is 1. The fourth-order valence-corrected chi connectivity index (χ4v) is 3.56. The van der Waals surface area contributed by atoms with E-state index in [-0.39, 0.29) is 23.8 Å². The smallest absolute Gasteiger partial charge is 0.382 e. The third-order valence-corrected chi connectivity index (χ3v) is 5.43. The molecular formula is C22H19ClF3N7O4. The van der Waals surface area contributed by atoms with Gasteiger partial charge < -0.3 is 5.11 Å². The summed E-state index contributed by atoms with van der Waals surface area (Å²) in [6, 6.07) is 12.4. The number of nitrogens with zero attached hydrogens (tertiary/aromatic N) is 6. The maximum atomic E-state index is 13.0. The Morgan fingerprint density at radius 3 is 2.54 bits per heavy atom. The molecule has 37 heavy (non-hydrogen) atoms. The van der Waals surface area contributed by atoms with Crippen molar-refractivity contribution < 1.29 is 27.9 Å². The van der Waals surface area contributed by atoms with Gasteiger partial charge in [-0.05, 0) is 36.4 Å². The number of aliphatic hydroxyl groups excluding tert-OH is 1. The van der Waals surface area contributed by atoms with Crippen LogP contribution in [-0.4, -0.2) is 59.5 Å². The Morgan fingerprint density at radius 2 is 1.86 bits per heavy atom. The zero-order chi connectivity index (χ0) is 26.7. The molecule has 0 bridgehead atoms. The lowest BCUT2D eigenvalue weighted by Crippen LogP contribution is -2.37. The second-order valence-corrected chi connectivity index (χ2v) is 8.13. The average Bonchev–Trinajstić information content (AvgIpc) is 3.44. The second-order valence-electron chi connectivity index (χ2n) is 7.70. The zero-order valence-electron chi connectivity index (χ0n) is 19.1. The molecule has 0 aliphatic heterocycles. The summed E-state index contributed by atoms with van der Waals surface area (Å²) in [4.78, 5) is 34.1. The molecule has 0 aliphatic rings. The Balaban J connectivity index is 1.69. The first kappa shape index (κ1) is 26.1. The molecule has 194 valence electrons. The van der Waals surface area contributed by atoms with E-state index in [1.54, 1.807) is 24.3 Å². The van der Waals surface area contributed by atoms with E-state index in [2.05, 4.69) is 25.5 Å². The predicted molar refractivity (Wildman–Crippen MR) is 124 cm³/mol. The highest BCUT2D eigenvalue weighted by Crippen LogP contribution is 2.24. The number of aromatic nitrogens is 6. The fraction of sp³-hybridized carbons (Fsp3) is 0.227. The molecule has 2 aromatic carbocycles. The Kier molecular flexibility index (Phi) is 7.42. The summed E-state index contributed by atoms with van der Waals surface area (Å²) in [6.07, 6.45) is -6.42. The molecule has 0 aliphatic carbocycles. The van der Waals surface area contributed by atoms with Gasteiger partial charge in [-0.25, -0.2) is 24.6 Å². The molecule has 0 radical (unpaired) electrons. The minimum absolute atomic E-state index is 0.0905. The fourth-order valence-electron chi connectivity index (χ4n) is 3.43. The van der Waals surface area contributed by atoms with Gasteiger partial charge in [-0.2, -0.15) is 13.2 Å². The van der Waals surface area contributed by atoms with E-state index < -0.39 is 30.4 Å². The van der Waals surface area contributed by atoms with Gasteiger partial charge in [0.25, 0.3) is 5.91 Å². The largest absolute Gasteiger partial charge is 0.416 e. The molecule has 2 N–H and O–H groups in total. The standard InChI is InChI=1S/C22H19ClF3N7O4/c1-37-30-20(35)15-4-2-3-5-16(15)33-12-27-18(28-33)11-32-21(36)31(10-17(34)22(24,25)26)19(29-32)13-6-8-14(23)9-7-13/h2-9,12,17,34H,10-11H2,1H3,(H,30,35). The Labute approximate surface area is 211 Å². The summed E-state index contributed by atoms with van der Waals surface area (Å²) in [6.45, 7) is -1.36. The van der Waals surface area contributed by atoms with E-state index in [0.717, 1.165) is 9.25 Å². The van der Waals surface area contributed by atoms with Gasteiger partial charge in [-0.15, -0.1) is 10.2 Å². The number of para-hydroxylation sites is 1. The van der Waals surface area contributed by atoms with Crippen molar-refractivity contribution in [1.82, 2.24) is 34.6 Å². The average molecular weight is 538 g/mol. The number of hydroxylamine groups is 1. The summed E-state index contributed by atoms with van der Waals surface area (Å²) in [5, 5.41) is 18.4. The lowest BCUT2D eigenvalue weighted by Gasteiger charge is -2.15. The van der Waals surface area contributed by atoms with Crippen LogP contribution in [0.4, 0.5) is 13.2 Å². The first-order valence-electron chi connectivity index (χ1n) is 10.6. The monoisotopic (exact) mass is 537 g/mol. The molecule has 4 aromatic rings. The normalized spacial score (nSPS) is 12.5. The number of halogens is 4. The van der Waals surface area contributed by atoms with Gasteiger partial charge in [0, 0.05) is 10.6 Å². The SMILES string of the molecule is CONC(=O)c1ccccc1-n1cnc(Cn2nc(-c3ccc(Cl)cc3)n(CC(O)C(F)(F)F)c2=O)n1. The molecule has 11 nitrogen and oxygen atoms in total. The minimum Gasteiger partial charge on any atom is -0.382 e. The van der Waals surface area contributed by atoms with Crippen LogP contribution < -0.4 is 11.2 Å². The van der Waals surface area contributed by atoms with Gasteiger partial charge >= 0.3 is 11.9 Å². The maximum Gasteiger partial charge on any atom is 0.416 e. The topological polar surface area (TPSA) is 129 Å². The number of aliphatic hydroxyl groups is 1. The summed E-state index contributed by atoms with van der Waals surface area (Å²) in [5.74, 6) is -0.542. The van der Waals surface area contributed by atoms with Crippen LogP contribution in [0.2, 0.25) is 5.02 Å². The number of hydrogen-bond donors (Lipinski definition) is 2. The van der Waals surface area contributed by atoms with Gasteiger partial charge in [-0.1, -0.05) is 23.7 Å². The summed E-state index contributed by atoms with van der Waals surface area (Å²) in [5.41, 5.74) is 2.21. The molecular weight excluding hydrogens is 519 g/mol. The second kappa shape index (κ2) is 10.5. The third-order valence-electron chi connectivity index (χ3n) is 5.18. The van der Waals surface area contributed by atoms with Crippen LogP contribution in [-0.2, 0) is 17.9 Å². The molecule has 15 heteroatoms. The Hall–Kier alpha value is -4.01. The molecule has 2 heterocycles. The van der Waals surface area contributed by atoms with E-state index in [1.165, 1.54) is 42.4 Å². The van der Waals surface area contributed by atoms with Crippen LogP contribution in [0.1, 0.15) is 16.2 Å². The molecule has 2 aromatic heterocycles. The molecule has 0 spiro atoms. The van der Waals surface area contributed by atoms with Crippen LogP contribution >= 0.6 is 11.6 Å². The van der Waals surface area contributed by atoms with Crippen molar-refractivity contribution in [1.29, 1.82) is 0 Å². The lowest BCUT2D eigenvalue weighted by molar-refractivity contribution is -0.207. The highest BCUT2D eigenvalue weighted by molar-refractivity contribution is 6.30. The molecule has 0 saturated carbocycles. The highest BCUT2D eigenvalue weighted by Gasteiger charge is 2.39. The number of hydrogen-bond acceptors (Lipinski definition) is 7. The van der Waals surface area contributed by atoms with E-state index in [4.69, 9.17) is 11.6 Å². The van der Waals surface area contributed by atoms with Crippen LogP contribution in [0.15, 0.2) is 59.7 Å². The molecule has 1 atom stereocenters. The van der Waals surface area contributed by atoms with Gasteiger partial charge in [0.2, 0.25) is 0 Å². The van der Waals surface area contributed by atoms with Crippen molar-refractivity contribution in [2.75, 3.05) is 7.11 Å². The van der Waals surface area contributed by atoms with E-state index in [0.29, 0.717) is 16.3 Å². The maximum absolute atomic E-state index is 13.0. The lowest BCUT2D eigenvalue weighted by atomic mass is 10.1. The molecule has 0 saturated heterocycles. The van der Waals surface area contributed by atoms with Gasteiger partial charge in [0.05, 0.1) is 24.9 Å². The zero-order valence-corrected chi connectivity index (χ0v) is 19.8. The number of carbonyl (C=O) groups is 1. The van der Waals surface area contributed by atoms with Crippen molar-refractivity contribution in [3.05, 3.63) is 81.8 Å². The molecule has 1 amide bonds. The minimum atomic E-state index is -4.94. The third kappa shape index (κ3) is 5.71. The first-order valence-corrected chi connectivity index (χ1v) is 11.0. The van der Waals surface area contributed by atoms with Crippen molar-refractivity contribution in [3.8, 4) is 17.1 Å². The van der Waals surface area contributed by atoms with Crippen LogP contribution in [0, 0.1) is 0 Å². The molecule has 0 fully saturated rings. The van der Waals surface area contributed by atoms with Crippen molar-refractivity contribution in [3.63, 3.8) is 0 Å². The van der Waals surface area contributed by atoms with Gasteiger partial charge in [0.1, 0.15) is 12.9 Å². The van der Waals surface area contributed by atoms with Crippen LogP contribution in [0.3, 0.4) is 0 Å². The first-order chi connectivity index (χ1) is 17.6. The van der Waals surface area contributed by atoms with E-state index >= 15 is 0 Å². The Bertz CT molecular complexity index is 1460. The summed E-state index contributed by atoms with van der Waals surface area (Å²) >= 11 is 5.89. The number of rotatable bonds is 8. The van der Waals surface area contributed by atoms with Crippen molar-refractivity contribution in [2.45, 2.75) is 25.4 Å². The highest BCUT2D eigenvalue weighted by atomic mass is 35.5. The number of carbonyl (C=O) groups excluding carboxylic acids is 1. The van der Waals surface area contributed by atoms with Crippen molar-refractivity contribution >= 4 is 17.5 Å². The summed E-state index contributed by atoms with van der Waals surface area (Å²) in [7, 11) is 1.29. The number of benzene rings is 2. The molecule has 4 rings (SSSR count). The van der Waals surface area contributed by atoms with E-state index in [9.17, 15) is 27.9 Å². The van der Waals surface area contributed by atoms with Gasteiger partial charge in [-0.3, -0.25) is 14.2 Å². The van der Waals surface area contributed by atoms with Crippen molar-refractivity contribution in [2.24, 2.45) is 0 Å². The number of amides is 1. The number of alkyl halides is 3. The predicted octanol–water partition coefficient (Wildman–Crippen LogP) is 2.21. The van der Waals surface area contributed by atoms with Crippen LogP contribution in [0.5, 0.6) is 0 Å². The van der Waals surface area contributed by atoms with E-state index in [1.807, 2.05) is 0 Å².